The molecular weight excluding hydrogens is 453 g/mol. The zero-order valence-electron chi connectivity index (χ0n) is 18.4. The van der Waals surface area contributed by atoms with Gasteiger partial charge in [-0.1, -0.05) is 41.5 Å². The fourth-order valence-electron chi connectivity index (χ4n) is 4.47. The Kier molecular flexibility index (Phi) is 6.13. The number of aromatic nitrogens is 1. The molecular formula is C24H25F3N2O3S. The van der Waals surface area contributed by atoms with Crippen molar-refractivity contribution in [1.29, 1.82) is 0 Å². The first-order valence-electron chi connectivity index (χ1n) is 10.7. The molecule has 0 bridgehead atoms. The molecule has 1 unspecified atom stereocenters. The van der Waals surface area contributed by atoms with Crippen LogP contribution >= 0.6 is 0 Å². The normalized spacial score (nSPS) is 17.7. The van der Waals surface area contributed by atoms with E-state index >= 15 is 0 Å². The van der Waals surface area contributed by atoms with Crippen molar-refractivity contribution in [3.05, 3.63) is 81.1 Å². The van der Waals surface area contributed by atoms with Crippen molar-refractivity contribution < 1.29 is 21.6 Å². The first-order valence-corrected chi connectivity index (χ1v) is 12.3. The highest BCUT2D eigenvalue weighted by Gasteiger charge is 2.39. The maximum atomic E-state index is 13.9. The number of hydrogen-bond acceptors (Lipinski definition) is 3. The van der Waals surface area contributed by atoms with Crippen LogP contribution in [0.5, 0.6) is 0 Å². The molecule has 1 saturated heterocycles. The highest BCUT2D eigenvalue weighted by atomic mass is 32.2. The van der Waals surface area contributed by atoms with Gasteiger partial charge in [0.1, 0.15) is 5.69 Å². The number of fused-ring (bicyclic) bond motifs is 1. The summed E-state index contributed by atoms with van der Waals surface area (Å²) in [5, 5.41) is 0.190. The molecule has 1 fully saturated rings. The minimum absolute atomic E-state index is 0.156. The smallest absolute Gasteiger partial charge is 0.335 e. The van der Waals surface area contributed by atoms with Crippen LogP contribution in [-0.2, 0) is 28.5 Å². The number of hydrogen-bond donors (Lipinski definition) is 0. The molecule has 3 aromatic rings. The maximum Gasteiger partial charge on any atom is 0.431 e. The van der Waals surface area contributed by atoms with Crippen molar-refractivity contribution in [2.24, 2.45) is 0 Å². The van der Waals surface area contributed by atoms with Crippen LogP contribution in [-0.4, -0.2) is 29.9 Å². The van der Waals surface area contributed by atoms with Gasteiger partial charge in [-0.3, -0.25) is 4.79 Å². The zero-order chi connectivity index (χ0) is 24.0. The molecule has 1 aromatic heterocycles. The van der Waals surface area contributed by atoms with Crippen LogP contribution in [0.1, 0.15) is 35.2 Å². The van der Waals surface area contributed by atoms with Crippen molar-refractivity contribution in [3.63, 3.8) is 0 Å². The van der Waals surface area contributed by atoms with Gasteiger partial charge in [0, 0.05) is 30.6 Å². The van der Waals surface area contributed by atoms with E-state index in [0.29, 0.717) is 24.5 Å². The first kappa shape index (κ1) is 23.5. The second-order valence-electron chi connectivity index (χ2n) is 8.67. The lowest BCUT2D eigenvalue weighted by molar-refractivity contribution is -0.143. The minimum atomic E-state index is -4.75. The van der Waals surface area contributed by atoms with Crippen molar-refractivity contribution in [2.75, 3.05) is 6.54 Å². The largest absolute Gasteiger partial charge is 0.431 e. The first-order chi connectivity index (χ1) is 15.5. The summed E-state index contributed by atoms with van der Waals surface area (Å²) < 4.78 is 70.3. The van der Waals surface area contributed by atoms with Crippen LogP contribution in [0.2, 0.25) is 0 Å². The van der Waals surface area contributed by atoms with Gasteiger partial charge in [-0.2, -0.15) is 17.5 Å². The average Bonchev–Trinajstić information content (AvgIpc) is 3.20. The maximum absolute atomic E-state index is 13.9. The predicted molar refractivity (Wildman–Crippen MR) is 121 cm³/mol. The Balaban J connectivity index is 1.73. The summed E-state index contributed by atoms with van der Waals surface area (Å²) in [6.07, 6.45) is -3.73. The van der Waals surface area contributed by atoms with E-state index in [9.17, 15) is 26.4 Å². The van der Waals surface area contributed by atoms with E-state index < -0.39 is 33.4 Å². The Morgan fingerprint density at radius 1 is 1.00 bits per heavy atom. The number of sulfonamides is 1. The predicted octanol–water partition coefficient (Wildman–Crippen LogP) is 4.63. The topological polar surface area (TPSA) is 59.4 Å². The molecule has 0 radical (unpaired) electrons. The van der Waals surface area contributed by atoms with Gasteiger partial charge in [0.2, 0.25) is 10.0 Å². The van der Waals surface area contributed by atoms with Crippen molar-refractivity contribution >= 4 is 20.9 Å². The highest BCUT2D eigenvalue weighted by molar-refractivity contribution is 7.88. The van der Waals surface area contributed by atoms with Crippen LogP contribution in [0.15, 0.2) is 53.3 Å². The van der Waals surface area contributed by atoms with Crippen molar-refractivity contribution in [1.82, 2.24) is 8.87 Å². The van der Waals surface area contributed by atoms with E-state index in [0.717, 1.165) is 15.7 Å². The Morgan fingerprint density at radius 2 is 1.67 bits per heavy atom. The van der Waals surface area contributed by atoms with Gasteiger partial charge in [-0.05, 0) is 44.4 Å². The number of rotatable bonds is 5. The lowest BCUT2D eigenvalue weighted by Crippen LogP contribution is -2.39. The Morgan fingerprint density at radius 3 is 2.33 bits per heavy atom. The second kappa shape index (κ2) is 8.61. The van der Waals surface area contributed by atoms with E-state index in [1.807, 2.05) is 19.1 Å². The fraction of sp³-hybridized carbons (Fsp3) is 0.375. The van der Waals surface area contributed by atoms with E-state index in [4.69, 9.17) is 0 Å². The third kappa shape index (κ3) is 4.84. The van der Waals surface area contributed by atoms with Crippen molar-refractivity contribution in [3.8, 4) is 0 Å². The van der Waals surface area contributed by atoms with Crippen molar-refractivity contribution in [2.45, 2.75) is 51.2 Å². The molecule has 2 heterocycles. The van der Waals surface area contributed by atoms with Gasteiger partial charge in [-0.25, -0.2) is 8.42 Å². The molecule has 2 aromatic carbocycles. The van der Waals surface area contributed by atoms with Crippen LogP contribution in [0.3, 0.4) is 0 Å². The molecule has 1 atom stereocenters. The molecule has 5 nitrogen and oxygen atoms in total. The molecule has 0 saturated carbocycles. The molecule has 1 aliphatic heterocycles. The quantitative estimate of drug-likeness (QED) is 0.537. The van der Waals surface area contributed by atoms with Gasteiger partial charge >= 0.3 is 6.18 Å². The standard InChI is InChI=1S/C24H25F3N2O3S/c1-16-5-8-18(9-6-16)15-33(31,32)29-11-3-4-19(29)14-28-21-10-7-17(2)12-20(21)22(30)13-23(28)24(25,26)27/h5-10,12-13,19H,3-4,11,14-15H2,1-2H3. The molecule has 0 aliphatic carbocycles. The van der Waals surface area contributed by atoms with Gasteiger partial charge < -0.3 is 4.57 Å². The monoisotopic (exact) mass is 478 g/mol. The highest BCUT2D eigenvalue weighted by Crippen LogP contribution is 2.33. The van der Waals surface area contributed by atoms with Gasteiger partial charge in [0.25, 0.3) is 0 Å². The summed E-state index contributed by atoms with van der Waals surface area (Å²) in [5.74, 6) is -0.208. The molecule has 0 amide bonds. The number of benzene rings is 2. The summed E-state index contributed by atoms with van der Waals surface area (Å²) in [6, 6.07) is 11.9. The second-order valence-corrected chi connectivity index (χ2v) is 10.6. The number of nitrogens with zero attached hydrogens (tertiary/aromatic N) is 2. The molecule has 33 heavy (non-hydrogen) atoms. The molecule has 176 valence electrons. The average molecular weight is 479 g/mol. The van der Waals surface area contributed by atoms with Gasteiger partial charge in [-0.15, -0.1) is 0 Å². The SMILES string of the molecule is Cc1ccc(CS(=O)(=O)N2CCCC2Cn2c(C(F)(F)F)cc(=O)c3cc(C)ccc32)cc1. The van der Waals surface area contributed by atoms with Crippen LogP contribution in [0.25, 0.3) is 10.9 Å². The molecule has 0 N–H and O–H groups in total. The van der Waals surface area contributed by atoms with E-state index in [-0.39, 0.29) is 29.7 Å². The third-order valence-electron chi connectivity index (χ3n) is 6.10. The number of halogens is 3. The Labute approximate surface area is 190 Å². The van der Waals surface area contributed by atoms with E-state index in [1.165, 1.54) is 10.4 Å². The lowest BCUT2D eigenvalue weighted by Gasteiger charge is -2.27. The molecule has 0 spiro atoms. The summed E-state index contributed by atoms with van der Waals surface area (Å²) in [6.45, 7) is 3.75. The van der Waals surface area contributed by atoms with E-state index in [1.54, 1.807) is 31.2 Å². The number of aryl methyl sites for hydroxylation is 2. The molecule has 9 heteroatoms. The van der Waals surface area contributed by atoms with Crippen LogP contribution in [0.4, 0.5) is 13.2 Å². The fourth-order valence-corrected chi connectivity index (χ4v) is 6.28. The minimum Gasteiger partial charge on any atom is -0.335 e. The van der Waals surface area contributed by atoms with Crippen LogP contribution < -0.4 is 5.43 Å². The summed E-state index contributed by atoms with van der Waals surface area (Å²) in [7, 11) is -3.73. The van der Waals surface area contributed by atoms with Gasteiger partial charge in [0.15, 0.2) is 5.43 Å². The van der Waals surface area contributed by atoms with Crippen LogP contribution in [0, 0.1) is 13.8 Å². The Bertz CT molecular complexity index is 1350. The summed E-state index contributed by atoms with van der Waals surface area (Å²) in [4.78, 5) is 12.4. The number of pyridine rings is 1. The molecule has 1 aliphatic rings. The zero-order valence-corrected chi connectivity index (χ0v) is 19.2. The lowest BCUT2D eigenvalue weighted by atomic mass is 10.1. The Hall–Kier alpha value is -2.65. The van der Waals surface area contributed by atoms with Gasteiger partial charge in [0.05, 0.1) is 11.3 Å². The molecule has 4 rings (SSSR count). The van der Waals surface area contributed by atoms with E-state index in [2.05, 4.69) is 0 Å². The summed E-state index contributed by atoms with van der Waals surface area (Å²) in [5.41, 5.74) is 0.790. The number of alkyl halides is 3. The summed E-state index contributed by atoms with van der Waals surface area (Å²) >= 11 is 0. The third-order valence-corrected chi connectivity index (χ3v) is 7.99.